The van der Waals surface area contributed by atoms with Gasteiger partial charge in [-0.05, 0) is 65.4 Å². The third-order valence-corrected chi connectivity index (χ3v) is 6.05. The Bertz CT molecular complexity index is 854. The first-order chi connectivity index (χ1) is 11.8. The molecule has 0 radical (unpaired) electrons. The molecule has 2 rings (SSSR count). The van der Waals surface area contributed by atoms with Crippen LogP contribution in [0.25, 0.3) is 0 Å². The monoisotopic (exact) mass is 477 g/mol. The number of ether oxygens (including phenoxy) is 3. The van der Waals surface area contributed by atoms with E-state index in [4.69, 9.17) is 14.2 Å². The summed E-state index contributed by atoms with van der Waals surface area (Å²) in [6, 6.07) is 9.58. The molecule has 0 heterocycles. The van der Waals surface area contributed by atoms with Crippen molar-refractivity contribution >= 4 is 32.6 Å². The van der Waals surface area contributed by atoms with E-state index in [1.165, 1.54) is 13.2 Å². The number of halogens is 1. The smallest absolute Gasteiger partial charge is 0.241 e. The van der Waals surface area contributed by atoms with Crippen LogP contribution in [0.15, 0.2) is 41.3 Å². The summed E-state index contributed by atoms with van der Waals surface area (Å²) in [5, 5.41) is 0. The Balaban J connectivity index is 2.26. The van der Waals surface area contributed by atoms with Crippen molar-refractivity contribution in [1.82, 2.24) is 4.72 Å². The Kier molecular flexibility index (Phi) is 6.53. The molecule has 0 saturated heterocycles. The van der Waals surface area contributed by atoms with Gasteiger partial charge >= 0.3 is 0 Å². The molecule has 0 aliphatic rings. The van der Waals surface area contributed by atoms with E-state index >= 15 is 0 Å². The maximum absolute atomic E-state index is 12.6. The van der Waals surface area contributed by atoms with Gasteiger partial charge < -0.3 is 14.2 Å². The first-order valence-corrected chi connectivity index (χ1v) is 9.96. The second-order valence-electron chi connectivity index (χ2n) is 5.25. The predicted molar refractivity (Wildman–Crippen MR) is 104 cm³/mol. The standard InChI is InChI=1S/C17H20INO5S/c1-11(12-5-7-16(23-3)17(9-12)24-4)19-25(20,21)13-6-8-15(22-2)14(18)10-13/h5-11,19H,1-4H3/t11-/m0/s1. The van der Waals surface area contributed by atoms with Crippen LogP contribution >= 0.6 is 22.6 Å². The van der Waals surface area contributed by atoms with Crippen molar-refractivity contribution in [2.75, 3.05) is 21.3 Å². The Morgan fingerprint density at radius 3 is 2.08 bits per heavy atom. The quantitative estimate of drug-likeness (QED) is 0.620. The summed E-state index contributed by atoms with van der Waals surface area (Å²) >= 11 is 2.04. The van der Waals surface area contributed by atoms with Crippen LogP contribution in [-0.2, 0) is 10.0 Å². The van der Waals surface area contributed by atoms with Crippen molar-refractivity contribution in [2.24, 2.45) is 0 Å². The maximum Gasteiger partial charge on any atom is 0.241 e. The zero-order chi connectivity index (χ0) is 18.6. The second-order valence-corrected chi connectivity index (χ2v) is 8.13. The molecule has 2 aromatic rings. The van der Waals surface area contributed by atoms with Crippen LogP contribution < -0.4 is 18.9 Å². The lowest BCUT2D eigenvalue weighted by Gasteiger charge is -2.17. The van der Waals surface area contributed by atoms with Crippen LogP contribution in [0.4, 0.5) is 0 Å². The topological polar surface area (TPSA) is 73.9 Å². The maximum atomic E-state index is 12.6. The van der Waals surface area contributed by atoms with Crippen molar-refractivity contribution < 1.29 is 22.6 Å². The largest absolute Gasteiger partial charge is 0.496 e. The number of nitrogens with one attached hydrogen (secondary N) is 1. The lowest BCUT2D eigenvalue weighted by Crippen LogP contribution is -2.27. The average Bonchev–Trinajstić information content (AvgIpc) is 2.60. The summed E-state index contributed by atoms with van der Waals surface area (Å²) in [6.45, 7) is 1.77. The fourth-order valence-corrected chi connectivity index (χ4v) is 4.51. The van der Waals surface area contributed by atoms with E-state index in [1.54, 1.807) is 51.5 Å². The number of hydrogen-bond donors (Lipinski definition) is 1. The van der Waals surface area contributed by atoms with Crippen LogP contribution in [0.2, 0.25) is 0 Å². The van der Waals surface area contributed by atoms with Gasteiger partial charge in [0.05, 0.1) is 29.8 Å². The van der Waals surface area contributed by atoms with E-state index in [-0.39, 0.29) is 4.90 Å². The van der Waals surface area contributed by atoms with Crippen molar-refractivity contribution in [3.8, 4) is 17.2 Å². The van der Waals surface area contributed by atoms with Crippen molar-refractivity contribution in [3.63, 3.8) is 0 Å². The predicted octanol–water partition coefficient (Wildman–Crippen LogP) is 3.36. The molecule has 0 amide bonds. The molecule has 0 fully saturated rings. The van der Waals surface area contributed by atoms with Crippen LogP contribution in [0, 0.1) is 3.57 Å². The molecule has 6 nitrogen and oxygen atoms in total. The van der Waals surface area contributed by atoms with E-state index in [0.29, 0.717) is 17.2 Å². The zero-order valence-electron chi connectivity index (χ0n) is 14.4. The molecule has 1 N–H and O–H groups in total. The Labute approximate surface area is 161 Å². The highest BCUT2D eigenvalue weighted by Gasteiger charge is 2.20. The summed E-state index contributed by atoms with van der Waals surface area (Å²) in [5.41, 5.74) is 0.768. The molecule has 0 aliphatic carbocycles. The second kappa shape index (κ2) is 8.24. The highest BCUT2D eigenvalue weighted by molar-refractivity contribution is 14.1. The van der Waals surface area contributed by atoms with Gasteiger partial charge in [0, 0.05) is 6.04 Å². The molecule has 0 aromatic heterocycles. The first-order valence-electron chi connectivity index (χ1n) is 7.40. The summed E-state index contributed by atoms with van der Waals surface area (Å²) in [7, 11) is 0.960. The highest BCUT2D eigenvalue weighted by atomic mass is 127. The van der Waals surface area contributed by atoms with Gasteiger partial charge in [-0.2, -0.15) is 0 Å². The molecule has 0 aliphatic heterocycles. The lowest BCUT2D eigenvalue weighted by atomic mass is 10.1. The summed E-state index contributed by atoms with van der Waals surface area (Å²) in [4.78, 5) is 0.185. The van der Waals surface area contributed by atoms with Gasteiger partial charge in [0.2, 0.25) is 10.0 Å². The average molecular weight is 477 g/mol. The Morgan fingerprint density at radius 2 is 1.52 bits per heavy atom. The van der Waals surface area contributed by atoms with Gasteiger partial charge in [0.25, 0.3) is 0 Å². The van der Waals surface area contributed by atoms with Crippen LogP contribution in [0.5, 0.6) is 17.2 Å². The van der Waals surface area contributed by atoms with Gasteiger partial charge in [-0.15, -0.1) is 0 Å². The Hall–Kier alpha value is -1.52. The first kappa shape index (κ1) is 19.8. The molecule has 25 heavy (non-hydrogen) atoms. The van der Waals surface area contributed by atoms with Gasteiger partial charge in [-0.25, -0.2) is 13.1 Å². The summed E-state index contributed by atoms with van der Waals surface area (Å²) in [6.07, 6.45) is 0. The zero-order valence-corrected chi connectivity index (χ0v) is 17.3. The van der Waals surface area contributed by atoms with E-state index in [2.05, 4.69) is 4.72 Å². The molecule has 2 aromatic carbocycles. The fourth-order valence-electron chi connectivity index (χ4n) is 2.31. The number of rotatable bonds is 7. The van der Waals surface area contributed by atoms with Crippen LogP contribution in [0.1, 0.15) is 18.5 Å². The van der Waals surface area contributed by atoms with E-state index in [9.17, 15) is 8.42 Å². The molecule has 0 spiro atoms. The van der Waals surface area contributed by atoms with Gasteiger partial charge in [0.15, 0.2) is 11.5 Å². The molecule has 1 atom stereocenters. The normalized spacial score (nSPS) is 12.5. The number of methoxy groups -OCH3 is 3. The van der Waals surface area contributed by atoms with E-state index in [1.807, 2.05) is 22.6 Å². The minimum atomic E-state index is -3.67. The molecular weight excluding hydrogens is 457 g/mol. The molecule has 0 saturated carbocycles. The molecule has 0 unspecified atom stereocenters. The molecule has 0 bridgehead atoms. The van der Waals surface area contributed by atoms with E-state index in [0.717, 1.165) is 9.13 Å². The van der Waals surface area contributed by atoms with Crippen molar-refractivity contribution in [3.05, 3.63) is 45.5 Å². The highest BCUT2D eigenvalue weighted by Crippen LogP contribution is 2.31. The molecular formula is C17H20INO5S. The summed E-state index contributed by atoms with van der Waals surface area (Å²) < 4.78 is 44.3. The number of benzene rings is 2. The third-order valence-electron chi connectivity index (χ3n) is 3.67. The number of hydrogen-bond acceptors (Lipinski definition) is 5. The van der Waals surface area contributed by atoms with Crippen molar-refractivity contribution in [1.29, 1.82) is 0 Å². The van der Waals surface area contributed by atoms with Crippen molar-refractivity contribution in [2.45, 2.75) is 17.9 Å². The minimum Gasteiger partial charge on any atom is -0.496 e. The molecule has 136 valence electrons. The Morgan fingerprint density at radius 1 is 0.920 bits per heavy atom. The van der Waals surface area contributed by atoms with Gasteiger partial charge in [-0.1, -0.05) is 6.07 Å². The summed E-state index contributed by atoms with van der Waals surface area (Å²) in [5.74, 6) is 1.77. The fraction of sp³-hybridized carbons (Fsp3) is 0.294. The molecule has 8 heteroatoms. The minimum absolute atomic E-state index is 0.185. The van der Waals surface area contributed by atoms with Gasteiger partial charge in [0.1, 0.15) is 5.75 Å². The lowest BCUT2D eigenvalue weighted by molar-refractivity contribution is 0.354. The van der Waals surface area contributed by atoms with Crippen LogP contribution in [0.3, 0.4) is 0 Å². The SMILES string of the molecule is COc1ccc(S(=O)(=O)N[C@@H](C)c2ccc(OC)c(OC)c2)cc1I. The number of sulfonamides is 1. The van der Waals surface area contributed by atoms with Crippen LogP contribution in [-0.4, -0.2) is 29.7 Å². The third kappa shape index (κ3) is 4.56. The van der Waals surface area contributed by atoms with Gasteiger partial charge in [-0.3, -0.25) is 0 Å². The van der Waals surface area contributed by atoms with E-state index < -0.39 is 16.1 Å².